The first-order valence-corrected chi connectivity index (χ1v) is 12.5. The molecule has 2 heterocycles. The number of carbonyl (C=O) groups excluding carboxylic acids is 1. The van der Waals surface area contributed by atoms with E-state index < -0.39 is 44.0 Å². The molecule has 2 aromatic carbocycles. The fourth-order valence-corrected chi connectivity index (χ4v) is 5.76. The van der Waals surface area contributed by atoms with Gasteiger partial charge in [0, 0.05) is 4.47 Å². The molecule has 0 atom stereocenters. The lowest BCUT2D eigenvalue weighted by atomic mass is 9.92. The fourth-order valence-electron chi connectivity index (χ4n) is 3.83. The van der Waals surface area contributed by atoms with Crippen LogP contribution in [0.4, 0.5) is 23.7 Å². The van der Waals surface area contributed by atoms with Crippen LogP contribution in [-0.2, 0) is 20.9 Å². The zero-order chi connectivity index (χ0) is 25.1. The molecule has 7 nitrogen and oxygen atoms in total. The molecule has 1 saturated heterocycles. The van der Waals surface area contributed by atoms with Gasteiger partial charge < -0.3 is 9.47 Å². The van der Waals surface area contributed by atoms with E-state index in [9.17, 15) is 26.4 Å². The first-order valence-electron chi connectivity index (χ1n) is 10.3. The third-order valence-corrected chi connectivity index (χ3v) is 7.56. The number of amides is 1. The van der Waals surface area contributed by atoms with Gasteiger partial charge in [0.1, 0.15) is 11.4 Å². The Kier molecular flexibility index (Phi) is 5.83. The molecule has 0 aliphatic carbocycles. The average molecular weight is 563 g/mol. The molecule has 0 aromatic heterocycles. The van der Waals surface area contributed by atoms with Crippen LogP contribution < -0.4 is 9.04 Å². The molecule has 0 saturated carbocycles. The first-order chi connectivity index (χ1) is 15.6. The van der Waals surface area contributed by atoms with Crippen molar-refractivity contribution in [1.82, 2.24) is 4.90 Å². The Morgan fingerprint density at radius 3 is 2.38 bits per heavy atom. The molecule has 184 valence electrons. The van der Waals surface area contributed by atoms with Gasteiger partial charge in [-0.15, -0.1) is 0 Å². The standard InChI is InChI=1S/C22H22BrF3N2O5S/c1-20(2,3)33-19(29)27-11-21(12-27)13-28(17-10-15(23)7-8-18(17)32-21)34(30,31)16-6-4-5-14(9-16)22(24,25)26/h4-10H,11-13H2,1-3H3. The molecule has 0 unspecified atom stereocenters. The van der Waals surface area contributed by atoms with E-state index in [0.717, 1.165) is 22.5 Å². The summed E-state index contributed by atoms with van der Waals surface area (Å²) in [4.78, 5) is 13.3. The van der Waals surface area contributed by atoms with Crippen molar-refractivity contribution in [3.63, 3.8) is 0 Å². The monoisotopic (exact) mass is 562 g/mol. The van der Waals surface area contributed by atoms with Crippen molar-refractivity contribution in [1.29, 1.82) is 0 Å². The lowest BCUT2D eigenvalue weighted by Crippen LogP contribution is -2.72. The Labute approximate surface area is 203 Å². The average Bonchev–Trinajstić information content (AvgIpc) is 2.69. The number of hydrogen-bond donors (Lipinski definition) is 0. The minimum atomic E-state index is -4.69. The van der Waals surface area contributed by atoms with Crippen molar-refractivity contribution in [2.75, 3.05) is 23.9 Å². The summed E-state index contributed by atoms with van der Waals surface area (Å²) in [5.74, 6) is 0.244. The van der Waals surface area contributed by atoms with E-state index in [1.807, 2.05) is 0 Å². The summed E-state index contributed by atoms with van der Waals surface area (Å²) < 4.78 is 79.9. The van der Waals surface area contributed by atoms with E-state index in [1.165, 1.54) is 11.0 Å². The van der Waals surface area contributed by atoms with Gasteiger partial charge in [-0.2, -0.15) is 13.2 Å². The highest BCUT2D eigenvalue weighted by Gasteiger charge is 2.54. The zero-order valence-electron chi connectivity index (χ0n) is 18.5. The van der Waals surface area contributed by atoms with Gasteiger partial charge >= 0.3 is 12.3 Å². The number of anilines is 1. The Morgan fingerprint density at radius 1 is 1.09 bits per heavy atom. The molecule has 2 aliphatic heterocycles. The second-order valence-corrected chi connectivity index (χ2v) is 12.0. The zero-order valence-corrected chi connectivity index (χ0v) is 20.9. The summed E-state index contributed by atoms with van der Waals surface area (Å²) in [7, 11) is -4.39. The summed E-state index contributed by atoms with van der Waals surface area (Å²) in [6.07, 6.45) is -5.25. The molecule has 0 radical (unpaired) electrons. The summed E-state index contributed by atoms with van der Waals surface area (Å²) in [6.45, 7) is 5.13. The number of halogens is 4. The minimum absolute atomic E-state index is 0.0615. The lowest BCUT2D eigenvalue weighted by Gasteiger charge is -2.53. The van der Waals surface area contributed by atoms with Crippen LogP contribution in [0.2, 0.25) is 0 Å². The molecule has 1 spiro atoms. The Morgan fingerprint density at radius 2 is 1.76 bits per heavy atom. The predicted octanol–water partition coefficient (Wildman–Crippen LogP) is 5.05. The number of carbonyl (C=O) groups is 1. The number of ether oxygens (including phenoxy) is 2. The van der Waals surface area contributed by atoms with Gasteiger partial charge in [0.15, 0.2) is 5.60 Å². The van der Waals surface area contributed by atoms with E-state index in [0.29, 0.717) is 10.5 Å². The van der Waals surface area contributed by atoms with Crippen LogP contribution in [-0.4, -0.2) is 50.2 Å². The molecule has 2 aliphatic rings. The van der Waals surface area contributed by atoms with Gasteiger partial charge in [-0.25, -0.2) is 13.2 Å². The number of nitrogens with zero attached hydrogens (tertiary/aromatic N) is 2. The number of hydrogen-bond acceptors (Lipinski definition) is 5. The molecular weight excluding hydrogens is 541 g/mol. The summed E-state index contributed by atoms with van der Waals surface area (Å²) in [5.41, 5.74) is -2.64. The second kappa shape index (κ2) is 8.04. The van der Waals surface area contributed by atoms with Crippen LogP contribution >= 0.6 is 15.9 Å². The van der Waals surface area contributed by atoms with Crippen molar-refractivity contribution in [2.45, 2.75) is 43.0 Å². The molecule has 1 amide bonds. The van der Waals surface area contributed by atoms with Gasteiger partial charge in [0.25, 0.3) is 10.0 Å². The third kappa shape index (κ3) is 4.70. The van der Waals surface area contributed by atoms with E-state index in [2.05, 4.69) is 15.9 Å². The summed E-state index contributed by atoms with van der Waals surface area (Å²) in [5, 5.41) is 0. The Balaban J connectivity index is 1.69. The third-order valence-electron chi connectivity index (χ3n) is 5.31. The number of fused-ring (bicyclic) bond motifs is 1. The quantitative estimate of drug-likeness (QED) is 0.512. The largest absolute Gasteiger partial charge is 0.479 e. The van der Waals surface area contributed by atoms with Gasteiger partial charge in [-0.3, -0.25) is 9.21 Å². The number of benzene rings is 2. The van der Waals surface area contributed by atoms with Crippen LogP contribution in [0.15, 0.2) is 51.8 Å². The SMILES string of the molecule is CC(C)(C)OC(=O)N1CC2(C1)CN(S(=O)(=O)c1cccc(C(F)(F)F)c1)c1cc(Br)ccc1O2. The van der Waals surface area contributed by atoms with Crippen molar-refractivity contribution >= 4 is 37.7 Å². The number of rotatable bonds is 2. The number of alkyl halides is 3. The lowest BCUT2D eigenvalue weighted by molar-refractivity contribution is -0.137. The van der Waals surface area contributed by atoms with E-state index in [4.69, 9.17) is 9.47 Å². The predicted molar refractivity (Wildman–Crippen MR) is 121 cm³/mol. The van der Waals surface area contributed by atoms with Gasteiger partial charge in [0.2, 0.25) is 0 Å². The van der Waals surface area contributed by atoms with Gasteiger partial charge in [0.05, 0.1) is 35.8 Å². The van der Waals surface area contributed by atoms with Crippen LogP contribution in [0, 0.1) is 0 Å². The molecule has 12 heteroatoms. The van der Waals surface area contributed by atoms with E-state index >= 15 is 0 Å². The van der Waals surface area contributed by atoms with Gasteiger partial charge in [-0.1, -0.05) is 22.0 Å². The van der Waals surface area contributed by atoms with E-state index in [-0.39, 0.29) is 31.1 Å². The van der Waals surface area contributed by atoms with Crippen LogP contribution in [0.1, 0.15) is 26.3 Å². The van der Waals surface area contributed by atoms with Crippen molar-refractivity contribution in [3.05, 3.63) is 52.5 Å². The summed E-state index contributed by atoms with van der Waals surface area (Å²) >= 11 is 3.30. The minimum Gasteiger partial charge on any atom is -0.479 e. The van der Waals surface area contributed by atoms with Crippen molar-refractivity contribution in [3.8, 4) is 5.75 Å². The molecular formula is C22H22BrF3N2O5S. The maximum Gasteiger partial charge on any atom is 0.416 e. The molecule has 0 N–H and O–H groups in total. The molecule has 1 fully saturated rings. The van der Waals surface area contributed by atoms with Crippen LogP contribution in [0.25, 0.3) is 0 Å². The maximum atomic E-state index is 13.6. The Hall–Kier alpha value is -2.47. The second-order valence-electron chi connectivity index (χ2n) is 9.27. The number of likely N-dealkylation sites (tertiary alicyclic amines) is 1. The fraction of sp³-hybridized carbons (Fsp3) is 0.409. The van der Waals surface area contributed by atoms with E-state index in [1.54, 1.807) is 32.9 Å². The Bertz CT molecular complexity index is 1240. The highest BCUT2D eigenvalue weighted by molar-refractivity contribution is 9.10. The molecule has 4 rings (SSSR count). The topological polar surface area (TPSA) is 76.2 Å². The normalized spacial score (nSPS) is 17.6. The van der Waals surface area contributed by atoms with Crippen LogP contribution in [0.3, 0.4) is 0 Å². The molecule has 2 aromatic rings. The highest BCUT2D eigenvalue weighted by atomic mass is 79.9. The smallest absolute Gasteiger partial charge is 0.416 e. The summed E-state index contributed by atoms with van der Waals surface area (Å²) in [6, 6.07) is 8.37. The molecule has 34 heavy (non-hydrogen) atoms. The number of sulfonamides is 1. The van der Waals surface area contributed by atoms with Crippen molar-refractivity contribution in [2.24, 2.45) is 0 Å². The van der Waals surface area contributed by atoms with Crippen LogP contribution in [0.5, 0.6) is 5.75 Å². The first kappa shape index (κ1) is 24.6. The highest BCUT2D eigenvalue weighted by Crippen LogP contribution is 2.45. The van der Waals surface area contributed by atoms with Crippen molar-refractivity contribution < 1.29 is 35.9 Å². The maximum absolute atomic E-state index is 13.6. The van der Waals surface area contributed by atoms with Gasteiger partial charge in [-0.05, 0) is 57.2 Å². The molecule has 0 bridgehead atoms.